The van der Waals surface area contributed by atoms with E-state index in [1.54, 1.807) is 23.1 Å². The Kier molecular flexibility index (Phi) is 9.15. The van der Waals surface area contributed by atoms with Gasteiger partial charge in [0.25, 0.3) is 0 Å². The van der Waals surface area contributed by atoms with E-state index in [4.69, 9.17) is 9.47 Å². The molecule has 1 heterocycles. The molecule has 0 bridgehead atoms. The fraction of sp³-hybridized carbons (Fsp3) is 0.615. The first-order valence-corrected chi connectivity index (χ1v) is 12.3. The van der Waals surface area contributed by atoms with Crippen LogP contribution in [0.3, 0.4) is 0 Å². The van der Waals surface area contributed by atoms with Gasteiger partial charge >= 0.3 is 0 Å². The van der Waals surface area contributed by atoms with Crippen molar-refractivity contribution in [1.82, 2.24) is 10.2 Å². The third-order valence-corrected chi connectivity index (χ3v) is 6.59. The standard InChI is InChI=1S/C26H38N2O7/c1-5-6-21(31)28(9-7-15(2)3)19-13-18(26(33)27-8-10-29)22-17-11-16(14-30)12-20(34-4)24(17)35-25(22)23(19)32/h11-13,15,19,22-23,25,29-30,32H,5-10,14H2,1-4H3,(H,27,33)/t19-,22+,23+,25+/m1/s1. The molecule has 1 aromatic carbocycles. The van der Waals surface area contributed by atoms with Crippen LogP contribution in [0.1, 0.15) is 57.1 Å². The molecule has 0 radical (unpaired) electrons. The number of hydrogen-bond donors (Lipinski definition) is 4. The second-order valence-electron chi connectivity index (χ2n) is 9.54. The molecule has 4 atom stereocenters. The van der Waals surface area contributed by atoms with Gasteiger partial charge in [0.15, 0.2) is 11.5 Å². The molecular weight excluding hydrogens is 452 g/mol. The summed E-state index contributed by atoms with van der Waals surface area (Å²) in [4.78, 5) is 28.0. The second-order valence-corrected chi connectivity index (χ2v) is 9.54. The number of hydrogen-bond acceptors (Lipinski definition) is 7. The molecule has 2 aliphatic rings. The molecular formula is C26H38N2O7. The van der Waals surface area contributed by atoms with Crippen LogP contribution in [0.25, 0.3) is 0 Å². The van der Waals surface area contributed by atoms with Gasteiger partial charge in [-0.15, -0.1) is 0 Å². The molecule has 1 aromatic rings. The highest BCUT2D eigenvalue weighted by Gasteiger charge is 2.51. The number of ether oxygens (including phenoxy) is 2. The maximum atomic E-state index is 13.2. The molecule has 0 fully saturated rings. The van der Waals surface area contributed by atoms with Crippen molar-refractivity contribution in [2.24, 2.45) is 5.92 Å². The largest absolute Gasteiger partial charge is 0.493 e. The number of carbonyl (C=O) groups is 2. The minimum Gasteiger partial charge on any atom is -0.493 e. The van der Waals surface area contributed by atoms with Crippen molar-refractivity contribution in [2.45, 2.75) is 70.8 Å². The second kappa shape index (κ2) is 11.9. The zero-order valence-electron chi connectivity index (χ0n) is 21.0. The van der Waals surface area contributed by atoms with Crippen LogP contribution in [-0.2, 0) is 16.2 Å². The Morgan fingerprint density at radius 3 is 2.60 bits per heavy atom. The molecule has 1 aliphatic carbocycles. The van der Waals surface area contributed by atoms with E-state index in [0.717, 1.165) is 6.42 Å². The molecule has 1 aliphatic heterocycles. The topological polar surface area (TPSA) is 129 Å². The number of amides is 2. The van der Waals surface area contributed by atoms with Gasteiger partial charge in [-0.2, -0.15) is 0 Å². The summed E-state index contributed by atoms with van der Waals surface area (Å²) in [6.45, 7) is 6.14. The third kappa shape index (κ3) is 5.63. The van der Waals surface area contributed by atoms with Gasteiger partial charge in [0, 0.05) is 30.6 Å². The number of aliphatic hydroxyl groups excluding tert-OH is 3. The van der Waals surface area contributed by atoms with Crippen molar-refractivity contribution in [3.63, 3.8) is 0 Å². The van der Waals surface area contributed by atoms with Gasteiger partial charge in [0.1, 0.15) is 12.2 Å². The van der Waals surface area contributed by atoms with Crippen LogP contribution in [0.4, 0.5) is 0 Å². The van der Waals surface area contributed by atoms with Crippen molar-refractivity contribution >= 4 is 11.8 Å². The van der Waals surface area contributed by atoms with E-state index in [-0.39, 0.29) is 25.7 Å². The lowest BCUT2D eigenvalue weighted by Gasteiger charge is -2.41. The first kappa shape index (κ1) is 27.0. The Hall–Kier alpha value is -2.62. The first-order chi connectivity index (χ1) is 16.8. The highest BCUT2D eigenvalue weighted by Crippen LogP contribution is 2.51. The van der Waals surface area contributed by atoms with E-state index in [0.29, 0.717) is 53.5 Å². The zero-order chi connectivity index (χ0) is 25.7. The Morgan fingerprint density at radius 2 is 2.00 bits per heavy atom. The quantitative estimate of drug-likeness (QED) is 0.370. The minimum atomic E-state index is -1.09. The van der Waals surface area contributed by atoms with Crippen LogP contribution < -0.4 is 14.8 Å². The number of methoxy groups -OCH3 is 1. The molecule has 35 heavy (non-hydrogen) atoms. The van der Waals surface area contributed by atoms with E-state index < -0.39 is 30.1 Å². The zero-order valence-corrected chi connectivity index (χ0v) is 21.0. The van der Waals surface area contributed by atoms with Crippen molar-refractivity contribution < 1.29 is 34.4 Å². The Bertz CT molecular complexity index is 946. The summed E-state index contributed by atoms with van der Waals surface area (Å²) in [7, 11) is 1.49. The lowest BCUT2D eigenvalue weighted by atomic mass is 9.77. The fourth-order valence-electron chi connectivity index (χ4n) is 4.81. The van der Waals surface area contributed by atoms with Gasteiger partial charge in [0.2, 0.25) is 11.8 Å². The first-order valence-electron chi connectivity index (χ1n) is 12.3. The number of aliphatic hydroxyl groups is 3. The smallest absolute Gasteiger partial charge is 0.247 e. The van der Waals surface area contributed by atoms with Gasteiger partial charge in [-0.1, -0.05) is 20.8 Å². The van der Waals surface area contributed by atoms with E-state index in [1.165, 1.54) is 7.11 Å². The van der Waals surface area contributed by atoms with Crippen molar-refractivity contribution in [3.8, 4) is 11.5 Å². The summed E-state index contributed by atoms with van der Waals surface area (Å²) in [5.41, 5.74) is 1.58. The molecule has 3 rings (SSSR count). The van der Waals surface area contributed by atoms with Crippen molar-refractivity contribution in [1.29, 1.82) is 0 Å². The van der Waals surface area contributed by atoms with Gasteiger partial charge in [0.05, 0.1) is 32.3 Å². The number of carbonyl (C=O) groups excluding carboxylic acids is 2. The van der Waals surface area contributed by atoms with Crippen LogP contribution in [0, 0.1) is 5.92 Å². The molecule has 0 aromatic heterocycles. The van der Waals surface area contributed by atoms with Crippen LogP contribution in [-0.4, -0.2) is 77.1 Å². The Balaban J connectivity index is 2.10. The maximum Gasteiger partial charge on any atom is 0.247 e. The molecule has 0 unspecified atom stereocenters. The molecule has 4 N–H and O–H groups in total. The molecule has 194 valence electrons. The number of benzene rings is 1. The molecule has 9 heteroatoms. The van der Waals surface area contributed by atoms with E-state index in [1.807, 2.05) is 6.92 Å². The van der Waals surface area contributed by atoms with Crippen LogP contribution in [0.5, 0.6) is 11.5 Å². The minimum absolute atomic E-state index is 0.0698. The monoisotopic (exact) mass is 490 g/mol. The number of nitrogens with one attached hydrogen (secondary N) is 1. The summed E-state index contributed by atoms with van der Waals surface area (Å²) >= 11 is 0. The van der Waals surface area contributed by atoms with E-state index >= 15 is 0 Å². The predicted molar refractivity (Wildman–Crippen MR) is 130 cm³/mol. The molecule has 0 spiro atoms. The van der Waals surface area contributed by atoms with Gasteiger partial charge in [-0.25, -0.2) is 0 Å². The summed E-state index contributed by atoms with van der Waals surface area (Å²) in [6.07, 6.45) is 1.52. The van der Waals surface area contributed by atoms with E-state index in [2.05, 4.69) is 19.2 Å². The average Bonchev–Trinajstić information content (AvgIpc) is 3.23. The highest BCUT2D eigenvalue weighted by molar-refractivity contribution is 5.96. The van der Waals surface area contributed by atoms with Crippen LogP contribution >= 0.6 is 0 Å². The molecule has 0 saturated carbocycles. The Morgan fingerprint density at radius 1 is 1.26 bits per heavy atom. The van der Waals surface area contributed by atoms with Crippen molar-refractivity contribution in [2.75, 3.05) is 26.8 Å². The third-order valence-electron chi connectivity index (χ3n) is 6.59. The summed E-state index contributed by atoms with van der Waals surface area (Å²) < 4.78 is 11.7. The fourth-order valence-corrected chi connectivity index (χ4v) is 4.81. The summed E-state index contributed by atoms with van der Waals surface area (Å²) in [5.74, 6) is 0.0565. The SMILES string of the molecule is CCCC(=O)N(CCC(C)C)[C@@H]1C=C(C(=O)NCCO)[C@@H]2c3cc(CO)cc(OC)c3O[C@@H]2[C@H]1O. The Labute approximate surface area is 206 Å². The molecule has 0 saturated heterocycles. The summed E-state index contributed by atoms with van der Waals surface area (Å²) in [6, 6.07) is 2.66. The van der Waals surface area contributed by atoms with E-state index in [9.17, 15) is 24.9 Å². The average molecular weight is 491 g/mol. The molecule has 2 amide bonds. The number of fused-ring (bicyclic) bond motifs is 3. The van der Waals surface area contributed by atoms with Gasteiger partial charge in [-0.05, 0) is 42.5 Å². The maximum absolute atomic E-state index is 13.2. The highest BCUT2D eigenvalue weighted by atomic mass is 16.5. The number of nitrogens with zero attached hydrogens (tertiary/aromatic N) is 1. The van der Waals surface area contributed by atoms with Gasteiger partial charge < -0.3 is 35.0 Å². The normalized spacial score (nSPS) is 22.7. The van der Waals surface area contributed by atoms with Crippen LogP contribution in [0.2, 0.25) is 0 Å². The summed E-state index contributed by atoms with van der Waals surface area (Å²) in [5, 5.41) is 33.2. The predicted octanol–water partition coefficient (Wildman–Crippen LogP) is 1.48. The van der Waals surface area contributed by atoms with Crippen LogP contribution in [0.15, 0.2) is 23.8 Å². The lowest BCUT2D eigenvalue weighted by molar-refractivity contribution is -0.137. The van der Waals surface area contributed by atoms with Crippen molar-refractivity contribution in [3.05, 3.63) is 34.9 Å². The number of rotatable bonds is 11. The van der Waals surface area contributed by atoms with Gasteiger partial charge in [-0.3, -0.25) is 9.59 Å². The molecule has 9 nitrogen and oxygen atoms in total. The lowest BCUT2D eigenvalue weighted by Crippen LogP contribution is -2.56.